The van der Waals surface area contributed by atoms with E-state index in [1.54, 1.807) is 11.8 Å². The van der Waals surface area contributed by atoms with E-state index in [2.05, 4.69) is 14.7 Å². The summed E-state index contributed by atoms with van der Waals surface area (Å²) in [5.74, 6) is 2.18. The van der Waals surface area contributed by atoms with Crippen LogP contribution < -0.4 is 4.72 Å². The monoisotopic (exact) mass is 293 g/mol. The summed E-state index contributed by atoms with van der Waals surface area (Å²) in [5.41, 5.74) is 0. The molecule has 3 N–H and O–H groups in total. The highest BCUT2D eigenvalue weighted by Gasteiger charge is 2.15. The Balaban J connectivity index is 2.36. The molecule has 0 unspecified atom stereocenters. The number of aryl methyl sites for hydroxylation is 1. The van der Waals surface area contributed by atoms with Gasteiger partial charge in [0.1, 0.15) is 5.82 Å². The van der Waals surface area contributed by atoms with Gasteiger partial charge in [0.2, 0.25) is 0 Å². The van der Waals surface area contributed by atoms with Gasteiger partial charge in [0, 0.05) is 25.3 Å². The number of hydrogen-bond donors (Lipinski definition) is 3. The maximum atomic E-state index is 11.8. The number of sulfonamides is 1. The Morgan fingerprint density at radius 3 is 2.89 bits per heavy atom. The van der Waals surface area contributed by atoms with Crippen molar-refractivity contribution < 1.29 is 13.5 Å². The van der Waals surface area contributed by atoms with E-state index >= 15 is 0 Å². The van der Waals surface area contributed by atoms with Crippen LogP contribution in [0.25, 0.3) is 0 Å². The number of thioether (sulfide) groups is 1. The van der Waals surface area contributed by atoms with Crippen LogP contribution in [0.5, 0.6) is 0 Å². The molecule has 0 amide bonds. The molecule has 104 valence electrons. The second-order valence-corrected chi connectivity index (χ2v) is 6.60. The summed E-state index contributed by atoms with van der Waals surface area (Å²) >= 11 is 1.61. The zero-order chi connectivity index (χ0) is 13.4. The Bertz CT molecular complexity index is 445. The molecule has 0 saturated carbocycles. The van der Waals surface area contributed by atoms with Crippen LogP contribution in [0.2, 0.25) is 0 Å². The Morgan fingerprint density at radius 2 is 2.28 bits per heavy atom. The fourth-order valence-electron chi connectivity index (χ4n) is 1.25. The van der Waals surface area contributed by atoms with Gasteiger partial charge in [0.05, 0.1) is 6.20 Å². The molecule has 6 nitrogen and oxygen atoms in total. The van der Waals surface area contributed by atoms with Gasteiger partial charge in [-0.1, -0.05) is 6.92 Å². The standard InChI is InChI=1S/C10H19N3O3S2/c1-2-9-11-8-10(13-9)18(15,16)12-4-7-17-6-3-5-14/h8,12,14H,2-7H2,1H3,(H,11,13). The van der Waals surface area contributed by atoms with Gasteiger partial charge >= 0.3 is 0 Å². The lowest BCUT2D eigenvalue weighted by atomic mass is 10.5. The van der Waals surface area contributed by atoms with Crippen molar-refractivity contribution in [3.63, 3.8) is 0 Å². The molecule has 0 saturated heterocycles. The number of aliphatic hydroxyl groups excluding tert-OH is 1. The first-order valence-electron chi connectivity index (χ1n) is 5.82. The SMILES string of the molecule is CCc1ncc(S(=O)(=O)NCCSCCCO)[nH]1. The average molecular weight is 293 g/mol. The summed E-state index contributed by atoms with van der Waals surface area (Å²) in [5, 5.41) is 8.70. The zero-order valence-electron chi connectivity index (χ0n) is 10.3. The van der Waals surface area contributed by atoms with Gasteiger partial charge in [-0.3, -0.25) is 0 Å². The number of H-pyrrole nitrogens is 1. The van der Waals surface area contributed by atoms with Crippen LogP contribution in [0.15, 0.2) is 11.2 Å². The number of rotatable bonds is 9. The highest BCUT2D eigenvalue weighted by atomic mass is 32.2. The van der Waals surface area contributed by atoms with E-state index in [4.69, 9.17) is 5.11 Å². The van der Waals surface area contributed by atoms with Crippen molar-refractivity contribution in [2.45, 2.75) is 24.8 Å². The molecule has 1 aromatic rings. The summed E-state index contributed by atoms with van der Waals surface area (Å²) in [6.45, 7) is 2.45. The maximum absolute atomic E-state index is 11.8. The quantitative estimate of drug-likeness (QED) is 0.572. The average Bonchev–Trinajstić information content (AvgIpc) is 2.83. The lowest BCUT2D eigenvalue weighted by Gasteiger charge is -2.04. The van der Waals surface area contributed by atoms with E-state index in [9.17, 15) is 8.42 Å². The fraction of sp³-hybridized carbons (Fsp3) is 0.700. The Kier molecular flexibility index (Phi) is 6.69. The van der Waals surface area contributed by atoms with Crippen molar-refractivity contribution in [3.8, 4) is 0 Å². The number of nitrogens with one attached hydrogen (secondary N) is 2. The molecule has 0 spiro atoms. The van der Waals surface area contributed by atoms with Crippen LogP contribution in [-0.4, -0.2) is 48.1 Å². The Hall–Kier alpha value is -0.570. The molecule has 0 aliphatic carbocycles. The second-order valence-electron chi connectivity index (χ2n) is 3.64. The third-order valence-electron chi connectivity index (χ3n) is 2.21. The lowest BCUT2D eigenvalue weighted by molar-refractivity contribution is 0.296. The highest BCUT2D eigenvalue weighted by Crippen LogP contribution is 2.06. The number of aromatic nitrogens is 2. The summed E-state index contributed by atoms with van der Waals surface area (Å²) in [7, 11) is -3.47. The van der Waals surface area contributed by atoms with Crippen molar-refractivity contribution >= 4 is 21.8 Å². The second kappa shape index (κ2) is 7.78. The number of nitrogens with zero attached hydrogens (tertiary/aromatic N) is 1. The van der Waals surface area contributed by atoms with Crippen molar-refractivity contribution in [1.29, 1.82) is 0 Å². The minimum absolute atomic E-state index is 0.111. The van der Waals surface area contributed by atoms with E-state index < -0.39 is 10.0 Å². The molecule has 1 rings (SSSR count). The molecule has 1 aromatic heterocycles. The van der Waals surface area contributed by atoms with Gasteiger partial charge in [-0.25, -0.2) is 18.1 Å². The minimum Gasteiger partial charge on any atom is -0.396 e. The normalized spacial score (nSPS) is 11.9. The smallest absolute Gasteiger partial charge is 0.257 e. The van der Waals surface area contributed by atoms with Crippen molar-refractivity contribution in [3.05, 3.63) is 12.0 Å². The number of aliphatic hydroxyl groups is 1. The molecule has 8 heteroatoms. The molecule has 0 aliphatic heterocycles. The molecule has 0 atom stereocenters. The topological polar surface area (TPSA) is 95.1 Å². The first-order chi connectivity index (χ1) is 8.60. The first-order valence-corrected chi connectivity index (χ1v) is 8.46. The summed E-state index contributed by atoms with van der Waals surface area (Å²) in [6, 6.07) is 0. The van der Waals surface area contributed by atoms with Gasteiger partial charge < -0.3 is 10.1 Å². The lowest BCUT2D eigenvalue weighted by Crippen LogP contribution is -2.26. The largest absolute Gasteiger partial charge is 0.396 e. The van der Waals surface area contributed by atoms with Crippen LogP contribution in [0.3, 0.4) is 0 Å². The summed E-state index contributed by atoms with van der Waals surface area (Å²) < 4.78 is 26.1. The van der Waals surface area contributed by atoms with E-state index in [1.807, 2.05) is 6.92 Å². The Labute approximate surface area is 112 Å². The molecular formula is C10H19N3O3S2. The van der Waals surface area contributed by atoms with E-state index in [0.717, 1.165) is 12.2 Å². The van der Waals surface area contributed by atoms with Crippen LogP contribution in [-0.2, 0) is 16.4 Å². The molecule has 0 aromatic carbocycles. The number of imidazole rings is 1. The van der Waals surface area contributed by atoms with Gasteiger partial charge in [-0.15, -0.1) is 0 Å². The van der Waals surface area contributed by atoms with Crippen molar-refractivity contribution in [1.82, 2.24) is 14.7 Å². The van der Waals surface area contributed by atoms with E-state index in [1.165, 1.54) is 6.20 Å². The van der Waals surface area contributed by atoms with Crippen molar-refractivity contribution in [2.24, 2.45) is 0 Å². The first kappa shape index (κ1) is 15.5. The molecule has 1 heterocycles. The number of aromatic amines is 1. The minimum atomic E-state index is -3.47. The molecule has 0 aliphatic rings. The third-order valence-corrected chi connectivity index (χ3v) is 4.66. The van der Waals surface area contributed by atoms with Gasteiger partial charge in [0.25, 0.3) is 10.0 Å². The summed E-state index contributed by atoms with van der Waals surface area (Å²) in [6.07, 6.45) is 2.74. The zero-order valence-corrected chi connectivity index (χ0v) is 12.0. The Morgan fingerprint density at radius 1 is 1.50 bits per heavy atom. The van der Waals surface area contributed by atoms with Gasteiger partial charge in [-0.05, 0) is 12.2 Å². The third kappa shape index (κ3) is 4.97. The molecular weight excluding hydrogens is 274 g/mol. The molecule has 18 heavy (non-hydrogen) atoms. The van der Waals surface area contributed by atoms with Crippen molar-refractivity contribution in [2.75, 3.05) is 24.7 Å². The van der Waals surface area contributed by atoms with Gasteiger partial charge in [0.15, 0.2) is 5.03 Å². The maximum Gasteiger partial charge on any atom is 0.257 e. The van der Waals surface area contributed by atoms with Crippen LogP contribution in [0, 0.1) is 0 Å². The number of hydrogen-bond acceptors (Lipinski definition) is 5. The fourth-order valence-corrected chi connectivity index (χ4v) is 3.14. The molecule has 0 radical (unpaired) electrons. The van der Waals surface area contributed by atoms with Crippen LogP contribution in [0.1, 0.15) is 19.2 Å². The van der Waals surface area contributed by atoms with E-state index in [0.29, 0.717) is 24.5 Å². The van der Waals surface area contributed by atoms with E-state index in [-0.39, 0.29) is 11.6 Å². The summed E-state index contributed by atoms with van der Waals surface area (Å²) in [4.78, 5) is 6.72. The molecule has 0 fully saturated rings. The predicted molar refractivity (Wildman–Crippen MR) is 72.2 cm³/mol. The molecule has 0 bridgehead atoms. The highest BCUT2D eigenvalue weighted by molar-refractivity contribution is 7.99. The van der Waals surface area contributed by atoms with Crippen LogP contribution in [0.4, 0.5) is 0 Å². The van der Waals surface area contributed by atoms with Crippen LogP contribution >= 0.6 is 11.8 Å². The predicted octanol–water partition coefficient (Wildman–Crippen LogP) is 0.366. The van der Waals surface area contributed by atoms with Gasteiger partial charge in [-0.2, -0.15) is 11.8 Å².